The molecule has 1 saturated heterocycles. The van der Waals surface area contributed by atoms with Crippen LogP contribution in [-0.2, 0) is 12.8 Å². The van der Waals surface area contributed by atoms with Crippen LogP contribution >= 0.6 is 0 Å². The largest absolute Gasteiger partial charge is 0.314 e. The lowest BCUT2D eigenvalue weighted by Crippen LogP contribution is -2.23. The van der Waals surface area contributed by atoms with Crippen molar-refractivity contribution in [3.8, 4) is 0 Å². The third-order valence-electron chi connectivity index (χ3n) is 3.07. The Morgan fingerprint density at radius 3 is 2.80 bits per heavy atom. The molecule has 0 radical (unpaired) electrons. The quantitative estimate of drug-likeness (QED) is 0.803. The molecule has 1 aliphatic heterocycles. The van der Waals surface area contributed by atoms with Crippen LogP contribution in [0.5, 0.6) is 0 Å². The fourth-order valence-electron chi connectivity index (χ4n) is 2.25. The van der Waals surface area contributed by atoms with E-state index in [9.17, 15) is 4.39 Å². The molecule has 0 aliphatic carbocycles. The van der Waals surface area contributed by atoms with E-state index in [2.05, 4.69) is 18.3 Å². The molecule has 2 rings (SSSR count). The van der Waals surface area contributed by atoms with Gasteiger partial charge in [0.2, 0.25) is 0 Å². The van der Waals surface area contributed by atoms with E-state index < -0.39 is 0 Å². The number of nitrogens with one attached hydrogen (secondary N) is 1. The summed E-state index contributed by atoms with van der Waals surface area (Å²) in [4.78, 5) is 0. The lowest BCUT2D eigenvalue weighted by Gasteiger charge is -2.11. The Balaban J connectivity index is 2.09. The molecule has 1 aliphatic rings. The molecule has 0 saturated carbocycles. The molecule has 0 bridgehead atoms. The molecule has 1 N–H and O–H groups in total. The minimum Gasteiger partial charge on any atom is -0.314 e. The van der Waals surface area contributed by atoms with Crippen molar-refractivity contribution < 1.29 is 4.39 Å². The highest BCUT2D eigenvalue weighted by Gasteiger charge is 2.14. The fraction of sp³-hybridized carbons (Fsp3) is 0.538. The van der Waals surface area contributed by atoms with Gasteiger partial charge in [0.1, 0.15) is 5.82 Å². The molecule has 0 amide bonds. The number of hydrogen-bond acceptors (Lipinski definition) is 1. The first-order valence-corrected chi connectivity index (χ1v) is 5.79. The lowest BCUT2D eigenvalue weighted by molar-refractivity contribution is 0.591. The molecule has 1 heterocycles. The van der Waals surface area contributed by atoms with E-state index in [1.54, 1.807) is 12.1 Å². The second-order valence-corrected chi connectivity index (χ2v) is 4.32. The normalized spacial score (nSPS) is 20.8. The van der Waals surface area contributed by atoms with Gasteiger partial charge < -0.3 is 5.32 Å². The van der Waals surface area contributed by atoms with Crippen molar-refractivity contribution in [3.63, 3.8) is 0 Å². The Morgan fingerprint density at radius 1 is 1.33 bits per heavy atom. The smallest absolute Gasteiger partial charge is 0.123 e. The average molecular weight is 207 g/mol. The second kappa shape index (κ2) is 4.75. The highest BCUT2D eigenvalue weighted by molar-refractivity contribution is 5.25. The molecule has 15 heavy (non-hydrogen) atoms. The van der Waals surface area contributed by atoms with E-state index in [-0.39, 0.29) is 5.82 Å². The first-order valence-electron chi connectivity index (χ1n) is 5.79. The van der Waals surface area contributed by atoms with Gasteiger partial charge in [0.25, 0.3) is 0 Å². The summed E-state index contributed by atoms with van der Waals surface area (Å²) in [6, 6.07) is 5.98. The molecule has 1 fully saturated rings. The SMILES string of the molecule is CCc1cc(F)cc(CC2CCCN2)c1. The van der Waals surface area contributed by atoms with Gasteiger partial charge in [0.05, 0.1) is 0 Å². The van der Waals surface area contributed by atoms with Crippen LogP contribution in [0.15, 0.2) is 18.2 Å². The van der Waals surface area contributed by atoms with Gasteiger partial charge in [-0.25, -0.2) is 4.39 Å². The average Bonchev–Trinajstić information content (AvgIpc) is 2.69. The summed E-state index contributed by atoms with van der Waals surface area (Å²) in [7, 11) is 0. The maximum Gasteiger partial charge on any atom is 0.123 e. The number of halogens is 1. The van der Waals surface area contributed by atoms with E-state index in [1.807, 2.05) is 0 Å². The first kappa shape index (κ1) is 10.6. The zero-order valence-corrected chi connectivity index (χ0v) is 9.22. The zero-order valence-electron chi connectivity index (χ0n) is 9.22. The summed E-state index contributed by atoms with van der Waals surface area (Å²) in [5.41, 5.74) is 2.23. The molecular formula is C13H18FN. The number of rotatable bonds is 3. The first-order chi connectivity index (χ1) is 7.28. The standard InChI is InChI=1S/C13H18FN/c1-2-10-6-11(8-12(14)7-10)9-13-4-3-5-15-13/h6-8,13,15H,2-5,9H2,1H3. The Bertz CT molecular complexity index is 329. The highest BCUT2D eigenvalue weighted by Crippen LogP contribution is 2.15. The second-order valence-electron chi connectivity index (χ2n) is 4.32. The van der Waals surface area contributed by atoms with Gasteiger partial charge in [-0.3, -0.25) is 0 Å². The Kier molecular flexibility index (Phi) is 3.37. The summed E-state index contributed by atoms with van der Waals surface area (Å²) in [5, 5.41) is 3.44. The predicted molar refractivity (Wildman–Crippen MR) is 60.5 cm³/mol. The molecule has 0 aromatic heterocycles. The maximum atomic E-state index is 13.3. The number of benzene rings is 1. The molecule has 1 atom stereocenters. The number of aryl methyl sites for hydroxylation is 1. The van der Waals surface area contributed by atoms with E-state index in [1.165, 1.54) is 12.8 Å². The minimum atomic E-state index is -0.0950. The van der Waals surface area contributed by atoms with E-state index in [4.69, 9.17) is 0 Å². The van der Waals surface area contributed by atoms with Crippen molar-refractivity contribution in [1.82, 2.24) is 5.32 Å². The van der Waals surface area contributed by atoms with Crippen molar-refractivity contribution in [3.05, 3.63) is 35.1 Å². The monoisotopic (exact) mass is 207 g/mol. The highest BCUT2D eigenvalue weighted by atomic mass is 19.1. The van der Waals surface area contributed by atoms with Crippen LogP contribution in [0.1, 0.15) is 30.9 Å². The van der Waals surface area contributed by atoms with E-state index in [0.29, 0.717) is 6.04 Å². The number of hydrogen-bond donors (Lipinski definition) is 1. The molecule has 1 aromatic rings. The Labute approximate surface area is 90.7 Å². The molecule has 1 aromatic carbocycles. The summed E-state index contributed by atoms with van der Waals surface area (Å²) in [6.45, 7) is 3.17. The molecular weight excluding hydrogens is 189 g/mol. The van der Waals surface area contributed by atoms with Crippen LogP contribution in [0.25, 0.3) is 0 Å². The molecule has 82 valence electrons. The van der Waals surface area contributed by atoms with Crippen molar-refractivity contribution in [2.45, 2.75) is 38.6 Å². The van der Waals surface area contributed by atoms with Crippen LogP contribution in [0.4, 0.5) is 4.39 Å². The van der Waals surface area contributed by atoms with Gasteiger partial charge in [-0.1, -0.05) is 13.0 Å². The van der Waals surface area contributed by atoms with Gasteiger partial charge in [-0.05, 0) is 55.5 Å². The molecule has 2 heteroatoms. The maximum absolute atomic E-state index is 13.3. The van der Waals surface area contributed by atoms with Gasteiger partial charge in [-0.15, -0.1) is 0 Å². The summed E-state index contributed by atoms with van der Waals surface area (Å²) < 4.78 is 13.3. The van der Waals surface area contributed by atoms with Crippen LogP contribution in [0.3, 0.4) is 0 Å². The third kappa shape index (κ3) is 2.78. The van der Waals surface area contributed by atoms with Crippen molar-refractivity contribution in [2.75, 3.05) is 6.54 Å². The summed E-state index contributed by atoms with van der Waals surface area (Å²) >= 11 is 0. The fourth-order valence-corrected chi connectivity index (χ4v) is 2.25. The van der Waals surface area contributed by atoms with Gasteiger partial charge in [-0.2, -0.15) is 0 Å². The predicted octanol–water partition coefficient (Wildman–Crippen LogP) is 2.68. The summed E-state index contributed by atoms with van der Waals surface area (Å²) in [6.07, 6.45) is 4.34. The van der Waals surface area contributed by atoms with Gasteiger partial charge >= 0.3 is 0 Å². The van der Waals surface area contributed by atoms with Crippen LogP contribution in [-0.4, -0.2) is 12.6 Å². The molecule has 0 spiro atoms. The van der Waals surface area contributed by atoms with Gasteiger partial charge in [0.15, 0.2) is 0 Å². The van der Waals surface area contributed by atoms with Crippen molar-refractivity contribution in [2.24, 2.45) is 0 Å². The van der Waals surface area contributed by atoms with E-state index >= 15 is 0 Å². The topological polar surface area (TPSA) is 12.0 Å². The zero-order chi connectivity index (χ0) is 10.7. The third-order valence-corrected chi connectivity index (χ3v) is 3.07. The molecule has 1 unspecified atom stereocenters. The van der Waals surface area contributed by atoms with E-state index in [0.717, 1.165) is 30.5 Å². The Hall–Kier alpha value is -0.890. The van der Waals surface area contributed by atoms with Gasteiger partial charge in [0, 0.05) is 6.04 Å². The lowest BCUT2D eigenvalue weighted by atomic mass is 10.0. The van der Waals surface area contributed by atoms with Crippen LogP contribution < -0.4 is 5.32 Å². The van der Waals surface area contributed by atoms with Crippen molar-refractivity contribution >= 4 is 0 Å². The summed E-state index contributed by atoms with van der Waals surface area (Å²) in [5.74, 6) is -0.0950. The van der Waals surface area contributed by atoms with Crippen LogP contribution in [0.2, 0.25) is 0 Å². The minimum absolute atomic E-state index is 0.0950. The Morgan fingerprint density at radius 2 is 2.13 bits per heavy atom. The van der Waals surface area contributed by atoms with Crippen LogP contribution in [0, 0.1) is 5.82 Å². The molecule has 1 nitrogen and oxygen atoms in total. The van der Waals surface area contributed by atoms with Crippen molar-refractivity contribution in [1.29, 1.82) is 0 Å².